The second kappa shape index (κ2) is 8.90. The molecule has 2 fully saturated rings. The third-order valence-electron chi connectivity index (χ3n) is 5.94. The first kappa shape index (κ1) is 19.8. The molecule has 1 saturated heterocycles. The molecule has 5 heteroatoms. The van der Waals surface area contributed by atoms with E-state index in [0.29, 0.717) is 18.2 Å². The van der Waals surface area contributed by atoms with E-state index in [1.807, 2.05) is 42.5 Å². The van der Waals surface area contributed by atoms with Crippen LogP contribution in [-0.2, 0) is 13.2 Å². The Morgan fingerprint density at radius 1 is 1.00 bits per heavy atom. The lowest BCUT2D eigenvalue weighted by molar-refractivity contribution is 0.0790. The number of rotatable bonds is 8. The molecular weight excluding hydrogens is 386 g/mol. The lowest BCUT2D eigenvalue weighted by Crippen LogP contribution is -2.58. The Morgan fingerprint density at radius 2 is 1.77 bits per heavy atom. The average molecular weight is 414 g/mol. The van der Waals surface area contributed by atoms with E-state index >= 15 is 0 Å². The Labute approximate surface area is 183 Å². The Morgan fingerprint density at radius 3 is 2.52 bits per heavy atom. The van der Waals surface area contributed by atoms with Gasteiger partial charge in [-0.05, 0) is 59.7 Å². The number of carbonyl (C=O) groups is 1. The number of nitrogens with one attached hydrogen (secondary N) is 1. The van der Waals surface area contributed by atoms with Crippen LogP contribution in [0.1, 0.15) is 45.9 Å². The number of carbonyl (C=O) groups excluding carboxylic acids is 1. The van der Waals surface area contributed by atoms with Crippen molar-refractivity contribution in [2.24, 2.45) is 0 Å². The normalized spacial score (nSPS) is 16.5. The predicted octanol–water partition coefficient (Wildman–Crippen LogP) is 4.15. The molecule has 158 valence electrons. The number of hydrogen-bond acceptors (Lipinski definition) is 4. The molecule has 31 heavy (non-hydrogen) atoms. The number of hydrogen-bond donors (Lipinski definition) is 1. The van der Waals surface area contributed by atoms with Gasteiger partial charge < -0.3 is 10.1 Å². The molecule has 1 aliphatic carbocycles. The predicted molar refractivity (Wildman–Crippen MR) is 120 cm³/mol. The molecular formula is C26H27N3O2. The van der Waals surface area contributed by atoms with Crippen LogP contribution in [0.5, 0.6) is 5.75 Å². The van der Waals surface area contributed by atoms with Gasteiger partial charge in [0.2, 0.25) is 0 Å². The van der Waals surface area contributed by atoms with Crippen LogP contribution in [0.4, 0.5) is 0 Å². The minimum absolute atomic E-state index is 0.0629. The third kappa shape index (κ3) is 5.12. The van der Waals surface area contributed by atoms with Crippen molar-refractivity contribution in [1.29, 1.82) is 0 Å². The van der Waals surface area contributed by atoms with Crippen LogP contribution >= 0.6 is 0 Å². The fourth-order valence-electron chi connectivity index (χ4n) is 3.98. The first-order valence-corrected chi connectivity index (χ1v) is 11.0. The molecule has 1 saturated carbocycles. The van der Waals surface area contributed by atoms with Gasteiger partial charge in [-0.15, -0.1) is 0 Å². The summed E-state index contributed by atoms with van der Waals surface area (Å²) in [5.41, 5.74) is 4.19. The fourth-order valence-corrected chi connectivity index (χ4v) is 3.98. The van der Waals surface area contributed by atoms with Crippen LogP contribution in [0.15, 0.2) is 72.9 Å². The van der Waals surface area contributed by atoms with Crippen LogP contribution in [0.2, 0.25) is 0 Å². The molecule has 1 N–H and O–H groups in total. The molecule has 5 nitrogen and oxygen atoms in total. The maximum absolute atomic E-state index is 12.5. The monoisotopic (exact) mass is 413 g/mol. The minimum Gasteiger partial charge on any atom is -0.489 e. The minimum atomic E-state index is -0.0629. The molecule has 2 aliphatic rings. The molecule has 1 aromatic heterocycles. The van der Waals surface area contributed by atoms with Crippen molar-refractivity contribution in [2.75, 3.05) is 13.1 Å². The standard InChI is InChI=1S/C26H27N3O2/c30-26(25-14-22(12-13-27-25)21-8-9-21)28-23-16-29(17-23)15-19-6-10-24(11-7-19)31-18-20-4-2-1-3-5-20/h1-7,10-14,21,23H,8-9,15-18H2,(H,28,30). The van der Waals surface area contributed by atoms with Crippen LogP contribution in [0.3, 0.4) is 0 Å². The Hall–Kier alpha value is -3.18. The summed E-state index contributed by atoms with van der Waals surface area (Å²) in [5.74, 6) is 1.44. The van der Waals surface area contributed by atoms with Gasteiger partial charge in [-0.3, -0.25) is 14.7 Å². The summed E-state index contributed by atoms with van der Waals surface area (Å²) >= 11 is 0. The van der Waals surface area contributed by atoms with E-state index in [1.54, 1.807) is 6.20 Å². The van der Waals surface area contributed by atoms with Crippen molar-refractivity contribution in [3.8, 4) is 5.75 Å². The van der Waals surface area contributed by atoms with Crippen molar-refractivity contribution >= 4 is 5.91 Å². The third-order valence-corrected chi connectivity index (χ3v) is 5.94. The van der Waals surface area contributed by atoms with Crippen LogP contribution in [0.25, 0.3) is 0 Å². The van der Waals surface area contributed by atoms with Crippen LogP contribution < -0.4 is 10.1 Å². The van der Waals surface area contributed by atoms with E-state index in [-0.39, 0.29) is 11.9 Å². The van der Waals surface area contributed by atoms with E-state index in [0.717, 1.165) is 30.9 Å². The first-order chi connectivity index (χ1) is 15.2. The van der Waals surface area contributed by atoms with Gasteiger partial charge >= 0.3 is 0 Å². The van der Waals surface area contributed by atoms with Gasteiger partial charge in [0.15, 0.2) is 0 Å². The van der Waals surface area contributed by atoms with Crippen LogP contribution in [-0.4, -0.2) is 34.9 Å². The summed E-state index contributed by atoms with van der Waals surface area (Å²) < 4.78 is 5.86. The van der Waals surface area contributed by atoms with Crippen LogP contribution in [0, 0.1) is 0 Å². The topological polar surface area (TPSA) is 54.5 Å². The molecule has 0 radical (unpaired) electrons. The number of amides is 1. The van der Waals surface area contributed by atoms with Gasteiger partial charge in [-0.1, -0.05) is 42.5 Å². The smallest absolute Gasteiger partial charge is 0.270 e. The number of likely N-dealkylation sites (tertiary alicyclic amines) is 1. The highest BCUT2D eigenvalue weighted by molar-refractivity contribution is 5.92. The highest BCUT2D eigenvalue weighted by Gasteiger charge is 2.29. The van der Waals surface area contributed by atoms with E-state index in [9.17, 15) is 4.79 Å². The number of ether oxygens (including phenoxy) is 1. The van der Waals surface area contributed by atoms with Gasteiger partial charge in [0, 0.05) is 25.8 Å². The molecule has 2 heterocycles. The molecule has 3 aromatic rings. The highest BCUT2D eigenvalue weighted by atomic mass is 16.5. The second-order valence-electron chi connectivity index (χ2n) is 8.53. The summed E-state index contributed by atoms with van der Waals surface area (Å²) in [4.78, 5) is 19.1. The lowest BCUT2D eigenvalue weighted by Gasteiger charge is -2.39. The molecule has 1 amide bonds. The van der Waals surface area contributed by atoms with Crippen molar-refractivity contribution in [3.05, 3.63) is 95.3 Å². The van der Waals surface area contributed by atoms with E-state index < -0.39 is 0 Å². The highest BCUT2D eigenvalue weighted by Crippen LogP contribution is 2.39. The van der Waals surface area contributed by atoms with Gasteiger partial charge in [0.1, 0.15) is 18.1 Å². The maximum Gasteiger partial charge on any atom is 0.270 e. The maximum atomic E-state index is 12.5. The molecule has 0 atom stereocenters. The molecule has 2 aromatic carbocycles. The molecule has 1 aliphatic heterocycles. The first-order valence-electron chi connectivity index (χ1n) is 11.0. The number of benzene rings is 2. The van der Waals surface area contributed by atoms with Gasteiger partial charge in [0.05, 0.1) is 6.04 Å². The lowest BCUT2D eigenvalue weighted by atomic mass is 10.1. The van der Waals surface area contributed by atoms with E-state index in [2.05, 4.69) is 39.5 Å². The summed E-state index contributed by atoms with van der Waals surface area (Å²) in [6.07, 6.45) is 4.20. The Kier molecular flexibility index (Phi) is 5.67. The van der Waals surface area contributed by atoms with Crippen molar-refractivity contribution < 1.29 is 9.53 Å². The van der Waals surface area contributed by atoms with Crippen molar-refractivity contribution in [1.82, 2.24) is 15.2 Å². The Balaban J connectivity index is 1.06. The quantitative estimate of drug-likeness (QED) is 0.603. The zero-order valence-corrected chi connectivity index (χ0v) is 17.5. The molecule has 0 spiro atoms. The number of pyridine rings is 1. The average Bonchev–Trinajstić information content (AvgIpc) is 3.63. The van der Waals surface area contributed by atoms with Gasteiger partial charge in [-0.25, -0.2) is 0 Å². The zero-order valence-electron chi connectivity index (χ0n) is 17.5. The van der Waals surface area contributed by atoms with Gasteiger partial charge in [0.25, 0.3) is 5.91 Å². The number of nitrogens with zero attached hydrogens (tertiary/aromatic N) is 2. The summed E-state index contributed by atoms with van der Waals surface area (Å²) in [6, 6.07) is 22.6. The summed E-state index contributed by atoms with van der Waals surface area (Å²) in [5, 5.41) is 3.11. The summed E-state index contributed by atoms with van der Waals surface area (Å²) in [6.45, 7) is 3.17. The van der Waals surface area contributed by atoms with E-state index in [1.165, 1.54) is 24.0 Å². The largest absolute Gasteiger partial charge is 0.489 e. The Bertz CT molecular complexity index is 1030. The number of aromatic nitrogens is 1. The second-order valence-corrected chi connectivity index (χ2v) is 8.53. The fraction of sp³-hybridized carbons (Fsp3) is 0.308. The SMILES string of the molecule is O=C(NC1CN(Cc2ccc(OCc3ccccc3)cc2)C1)c1cc(C2CC2)ccn1. The van der Waals surface area contributed by atoms with Crippen molar-refractivity contribution in [3.63, 3.8) is 0 Å². The molecule has 5 rings (SSSR count). The molecule has 0 bridgehead atoms. The van der Waals surface area contributed by atoms with Gasteiger partial charge in [-0.2, -0.15) is 0 Å². The van der Waals surface area contributed by atoms with Crippen molar-refractivity contribution in [2.45, 2.75) is 38.0 Å². The zero-order chi connectivity index (χ0) is 21.0. The van der Waals surface area contributed by atoms with E-state index in [4.69, 9.17) is 4.74 Å². The molecule has 0 unspecified atom stereocenters. The summed E-state index contributed by atoms with van der Waals surface area (Å²) in [7, 11) is 0.